The number of furan rings is 2. The molecule has 3 nitrogen and oxygen atoms in total. The van der Waals surface area contributed by atoms with Crippen LogP contribution in [0.3, 0.4) is 0 Å². The van der Waals surface area contributed by atoms with E-state index in [-0.39, 0.29) is 5.78 Å². The first kappa shape index (κ1) is 13.7. The summed E-state index contributed by atoms with van der Waals surface area (Å²) in [6, 6.07) is 7.59. The van der Waals surface area contributed by atoms with Gasteiger partial charge in [-0.1, -0.05) is 0 Å². The molecule has 21 heavy (non-hydrogen) atoms. The van der Waals surface area contributed by atoms with Crippen molar-refractivity contribution in [2.45, 2.75) is 33.1 Å². The highest BCUT2D eigenvalue weighted by Crippen LogP contribution is 2.28. The van der Waals surface area contributed by atoms with Gasteiger partial charge in [-0.15, -0.1) is 0 Å². The molecule has 0 aliphatic heterocycles. The average Bonchev–Trinajstić information content (AvgIpc) is 3.03. The summed E-state index contributed by atoms with van der Waals surface area (Å²) < 4.78 is 11.0. The Morgan fingerprint density at radius 3 is 1.71 bits per heavy atom. The standard InChI is InChI=1S/C18H18O3/c1-12-6-8-16(20-12)10-14-4-3-5-15(18(14)19)11-17-9-7-13(2)21-17/h6-11H,3-5H2,1-2H3. The van der Waals surface area contributed by atoms with Crippen LogP contribution < -0.4 is 0 Å². The molecule has 0 atom stereocenters. The maximum Gasteiger partial charge on any atom is 0.185 e. The lowest BCUT2D eigenvalue weighted by Crippen LogP contribution is -2.12. The van der Waals surface area contributed by atoms with Gasteiger partial charge >= 0.3 is 0 Å². The van der Waals surface area contributed by atoms with Gasteiger partial charge < -0.3 is 8.83 Å². The van der Waals surface area contributed by atoms with Crippen LogP contribution in [0.2, 0.25) is 0 Å². The second-order valence-electron chi connectivity index (χ2n) is 5.42. The van der Waals surface area contributed by atoms with Crippen molar-refractivity contribution in [2.75, 3.05) is 0 Å². The molecule has 1 saturated carbocycles. The summed E-state index contributed by atoms with van der Waals surface area (Å²) in [7, 11) is 0. The predicted molar refractivity (Wildman–Crippen MR) is 81.7 cm³/mol. The van der Waals surface area contributed by atoms with Gasteiger partial charge in [-0.25, -0.2) is 0 Å². The van der Waals surface area contributed by atoms with Gasteiger partial charge in [-0.05, 0) is 69.5 Å². The SMILES string of the molecule is Cc1ccc(C=C2CCCC(=Cc3ccc(C)o3)C2=O)o1. The molecule has 108 valence electrons. The molecule has 0 amide bonds. The number of Topliss-reactive ketones (excluding diaryl/α,β-unsaturated/α-hetero) is 1. The van der Waals surface area contributed by atoms with Crippen molar-refractivity contribution >= 4 is 17.9 Å². The minimum absolute atomic E-state index is 0.101. The summed E-state index contributed by atoms with van der Waals surface area (Å²) in [4.78, 5) is 12.5. The summed E-state index contributed by atoms with van der Waals surface area (Å²) in [5.41, 5.74) is 1.62. The van der Waals surface area contributed by atoms with E-state index in [0.29, 0.717) is 0 Å². The summed E-state index contributed by atoms with van der Waals surface area (Å²) >= 11 is 0. The first-order chi connectivity index (χ1) is 10.1. The molecule has 2 aromatic rings. The van der Waals surface area contributed by atoms with Gasteiger partial charge in [0.1, 0.15) is 23.0 Å². The highest BCUT2D eigenvalue weighted by Gasteiger charge is 2.21. The van der Waals surface area contributed by atoms with E-state index in [0.717, 1.165) is 53.4 Å². The zero-order valence-electron chi connectivity index (χ0n) is 12.3. The minimum Gasteiger partial charge on any atom is -0.462 e. The van der Waals surface area contributed by atoms with E-state index in [1.54, 1.807) is 0 Å². The maximum atomic E-state index is 12.5. The molecule has 0 saturated heterocycles. The van der Waals surface area contributed by atoms with Crippen molar-refractivity contribution in [2.24, 2.45) is 0 Å². The molecule has 0 spiro atoms. The van der Waals surface area contributed by atoms with Crippen molar-refractivity contribution in [3.63, 3.8) is 0 Å². The van der Waals surface area contributed by atoms with E-state index >= 15 is 0 Å². The molecule has 0 unspecified atom stereocenters. The van der Waals surface area contributed by atoms with Crippen LogP contribution in [0.15, 0.2) is 44.2 Å². The molecular formula is C18H18O3. The number of carbonyl (C=O) groups is 1. The third-order valence-electron chi connectivity index (χ3n) is 3.63. The first-order valence-electron chi connectivity index (χ1n) is 7.20. The Morgan fingerprint density at radius 2 is 1.33 bits per heavy atom. The molecule has 1 aliphatic carbocycles. The second kappa shape index (κ2) is 5.60. The topological polar surface area (TPSA) is 43.4 Å². The van der Waals surface area contributed by atoms with Crippen LogP contribution in [0.5, 0.6) is 0 Å². The van der Waals surface area contributed by atoms with E-state index in [1.807, 2.05) is 50.3 Å². The summed E-state index contributed by atoms with van der Waals surface area (Å²) in [6.45, 7) is 3.80. The van der Waals surface area contributed by atoms with Crippen LogP contribution in [0.4, 0.5) is 0 Å². The first-order valence-corrected chi connectivity index (χ1v) is 7.20. The molecule has 0 bridgehead atoms. The van der Waals surface area contributed by atoms with Gasteiger partial charge in [-0.2, -0.15) is 0 Å². The van der Waals surface area contributed by atoms with Gasteiger partial charge in [0.15, 0.2) is 5.78 Å². The van der Waals surface area contributed by atoms with Crippen molar-refractivity contribution in [1.29, 1.82) is 0 Å². The fraction of sp³-hybridized carbons (Fsp3) is 0.278. The van der Waals surface area contributed by atoms with E-state index in [2.05, 4.69) is 0 Å². The van der Waals surface area contributed by atoms with E-state index in [4.69, 9.17) is 8.83 Å². The molecule has 2 aromatic heterocycles. The van der Waals surface area contributed by atoms with Gasteiger partial charge in [0.25, 0.3) is 0 Å². The molecule has 1 fully saturated rings. The van der Waals surface area contributed by atoms with Crippen LogP contribution >= 0.6 is 0 Å². The molecule has 0 radical (unpaired) electrons. The third-order valence-corrected chi connectivity index (χ3v) is 3.63. The van der Waals surface area contributed by atoms with Crippen molar-refractivity contribution in [3.05, 3.63) is 58.5 Å². The number of carbonyl (C=O) groups excluding carboxylic acids is 1. The number of hydrogen-bond acceptors (Lipinski definition) is 3. The minimum atomic E-state index is 0.101. The van der Waals surface area contributed by atoms with Gasteiger partial charge in [0.2, 0.25) is 0 Å². The Bertz CT molecular complexity index is 665. The zero-order chi connectivity index (χ0) is 14.8. The highest BCUT2D eigenvalue weighted by atomic mass is 16.3. The Labute approximate surface area is 124 Å². The summed E-state index contributed by atoms with van der Waals surface area (Å²) in [5, 5.41) is 0. The van der Waals surface area contributed by atoms with Crippen LogP contribution in [-0.4, -0.2) is 5.78 Å². The second-order valence-corrected chi connectivity index (χ2v) is 5.42. The third kappa shape index (κ3) is 3.07. The van der Waals surface area contributed by atoms with E-state index in [9.17, 15) is 4.79 Å². The Balaban J connectivity index is 1.87. The smallest absolute Gasteiger partial charge is 0.185 e. The Morgan fingerprint density at radius 1 is 0.857 bits per heavy atom. The fourth-order valence-electron chi connectivity index (χ4n) is 2.58. The van der Waals surface area contributed by atoms with Crippen molar-refractivity contribution in [1.82, 2.24) is 0 Å². The summed E-state index contributed by atoms with van der Waals surface area (Å²) in [5.74, 6) is 3.29. The monoisotopic (exact) mass is 282 g/mol. The molecule has 2 heterocycles. The molecule has 3 rings (SSSR count). The fourth-order valence-corrected chi connectivity index (χ4v) is 2.58. The lowest BCUT2D eigenvalue weighted by atomic mass is 9.88. The number of hydrogen-bond donors (Lipinski definition) is 0. The largest absolute Gasteiger partial charge is 0.462 e. The molecule has 0 aromatic carbocycles. The van der Waals surface area contributed by atoms with Gasteiger partial charge in [-0.3, -0.25) is 4.79 Å². The zero-order valence-corrected chi connectivity index (χ0v) is 12.3. The highest BCUT2D eigenvalue weighted by molar-refractivity contribution is 6.13. The van der Waals surface area contributed by atoms with Gasteiger partial charge in [0.05, 0.1) is 0 Å². The van der Waals surface area contributed by atoms with E-state index < -0.39 is 0 Å². The molecule has 1 aliphatic rings. The van der Waals surface area contributed by atoms with Crippen LogP contribution in [0.1, 0.15) is 42.3 Å². The van der Waals surface area contributed by atoms with Gasteiger partial charge in [0, 0.05) is 11.1 Å². The molecule has 3 heteroatoms. The van der Waals surface area contributed by atoms with Crippen molar-refractivity contribution in [3.8, 4) is 0 Å². The number of allylic oxidation sites excluding steroid dienone is 2. The maximum absolute atomic E-state index is 12.5. The summed E-state index contributed by atoms with van der Waals surface area (Å²) in [6.07, 6.45) is 6.29. The average molecular weight is 282 g/mol. The quantitative estimate of drug-likeness (QED) is 0.749. The van der Waals surface area contributed by atoms with Crippen molar-refractivity contribution < 1.29 is 13.6 Å². The lowest BCUT2D eigenvalue weighted by molar-refractivity contribution is -0.112. The number of ketones is 1. The number of rotatable bonds is 2. The number of aryl methyl sites for hydroxylation is 2. The Kier molecular flexibility index (Phi) is 3.65. The lowest BCUT2D eigenvalue weighted by Gasteiger charge is -2.15. The normalized spacial score (nSPS) is 19.6. The van der Waals surface area contributed by atoms with Crippen LogP contribution in [0, 0.1) is 13.8 Å². The molecular weight excluding hydrogens is 264 g/mol. The Hall–Kier alpha value is -2.29. The predicted octanol–water partition coefficient (Wildman–Crippen LogP) is 4.71. The van der Waals surface area contributed by atoms with E-state index in [1.165, 1.54) is 0 Å². The van der Waals surface area contributed by atoms with Crippen LogP contribution in [-0.2, 0) is 4.79 Å². The molecule has 0 N–H and O–H groups in total. The van der Waals surface area contributed by atoms with Crippen LogP contribution in [0.25, 0.3) is 12.2 Å².